The number of rotatable bonds is 6. The maximum atomic E-state index is 10.1. The van der Waals surface area contributed by atoms with Gasteiger partial charge in [0.25, 0.3) is 0 Å². The Morgan fingerprint density at radius 1 is 1.34 bits per heavy atom. The summed E-state index contributed by atoms with van der Waals surface area (Å²) in [6, 6.07) is 0.414. The van der Waals surface area contributed by atoms with Gasteiger partial charge < -0.3 is 10.2 Å². The molecule has 0 aromatic heterocycles. The molecule has 0 aromatic carbocycles. The van der Waals surface area contributed by atoms with Gasteiger partial charge in [-0.05, 0) is 100 Å². The first-order chi connectivity index (χ1) is 14.9. The van der Waals surface area contributed by atoms with E-state index in [2.05, 4.69) is 13.8 Å². The number of allylic oxidation sites excluding steroid dienone is 4. The lowest BCUT2D eigenvalue weighted by Crippen LogP contribution is -2.36. The molecule has 29 heavy (non-hydrogen) atoms. The summed E-state index contributed by atoms with van der Waals surface area (Å²) >= 11 is 0. The molecule has 2 N–H and O–H groups in total. The number of aliphatic hydroxyl groups excluding tert-OH is 1. The second-order valence-corrected chi connectivity index (χ2v) is 11.0. The molecule has 0 amide bonds. The van der Waals surface area contributed by atoms with Crippen molar-refractivity contribution in [1.82, 2.24) is 0 Å². The minimum absolute atomic E-state index is 0.204. The van der Waals surface area contributed by atoms with Crippen LogP contribution < -0.4 is 0 Å². The minimum atomic E-state index is -0.585. The van der Waals surface area contributed by atoms with E-state index in [4.69, 9.17) is 4.11 Å². The summed E-state index contributed by atoms with van der Waals surface area (Å²) in [6.07, 6.45) is 12.0. The largest absolute Gasteiger partial charge is 0.393 e. The highest BCUT2D eigenvalue weighted by Crippen LogP contribution is 2.60. The van der Waals surface area contributed by atoms with E-state index in [1.54, 1.807) is 0 Å². The van der Waals surface area contributed by atoms with Gasteiger partial charge in [0, 0.05) is 0 Å². The van der Waals surface area contributed by atoms with Gasteiger partial charge in [0.05, 0.1) is 15.8 Å². The Kier molecular flexibility index (Phi) is 5.92. The third-order valence-corrected chi connectivity index (χ3v) is 8.14. The summed E-state index contributed by atoms with van der Waals surface area (Å²) in [5, 5.41) is 20.2. The summed E-state index contributed by atoms with van der Waals surface area (Å²) in [6.45, 7) is 8.44. The van der Waals surface area contributed by atoms with Crippen LogP contribution in [0.25, 0.3) is 0 Å². The van der Waals surface area contributed by atoms with E-state index in [9.17, 15) is 10.2 Å². The molecule has 3 rings (SSSR count). The number of hydrogen-bond acceptors (Lipinski definition) is 2. The first kappa shape index (κ1) is 18.9. The SMILES string of the molecule is [2H]C([2H])=C1CC[C@H](O)C/C1=C(\[2H])C=C1CCC[C@]2(C)[C@@H]([C@H](C)CCCC(C)(C)O)CC[C@@H]12. The molecule has 0 spiro atoms. The van der Waals surface area contributed by atoms with Crippen molar-refractivity contribution in [2.24, 2.45) is 23.2 Å². The van der Waals surface area contributed by atoms with Crippen molar-refractivity contribution in [2.75, 3.05) is 0 Å². The summed E-state index contributed by atoms with van der Waals surface area (Å²) in [4.78, 5) is 0. The predicted octanol–water partition coefficient (Wildman–Crippen LogP) is 6.73. The Morgan fingerprint density at radius 2 is 2.14 bits per heavy atom. The fourth-order valence-corrected chi connectivity index (χ4v) is 6.49. The van der Waals surface area contributed by atoms with Gasteiger partial charge in [-0.2, -0.15) is 0 Å². The Balaban J connectivity index is 1.79. The summed E-state index contributed by atoms with van der Waals surface area (Å²) in [5.74, 6) is 1.82. The molecule has 0 aliphatic heterocycles. The van der Waals surface area contributed by atoms with Crippen molar-refractivity contribution in [3.8, 4) is 0 Å². The maximum Gasteiger partial charge on any atom is 0.0626 e. The van der Waals surface area contributed by atoms with Gasteiger partial charge in [-0.15, -0.1) is 0 Å². The van der Waals surface area contributed by atoms with Crippen molar-refractivity contribution < 1.29 is 14.3 Å². The zero-order valence-electron chi connectivity index (χ0n) is 22.1. The monoisotopic (exact) mass is 403 g/mol. The molecule has 0 radical (unpaired) electrons. The summed E-state index contributed by atoms with van der Waals surface area (Å²) in [7, 11) is 0. The van der Waals surface area contributed by atoms with Crippen molar-refractivity contribution in [2.45, 2.75) is 110 Å². The van der Waals surface area contributed by atoms with Gasteiger partial charge in [0.1, 0.15) is 0 Å². The van der Waals surface area contributed by atoms with Crippen LogP contribution in [0.2, 0.25) is 0 Å². The van der Waals surface area contributed by atoms with E-state index >= 15 is 0 Å². The van der Waals surface area contributed by atoms with Crippen LogP contribution in [0, 0.1) is 23.2 Å². The minimum Gasteiger partial charge on any atom is -0.393 e. The van der Waals surface area contributed by atoms with Gasteiger partial charge in [0.15, 0.2) is 0 Å². The molecule has 0 saturated heterocycles. The molecule has 3 fully saturated rings. The topological polar surface area (TPSA) is 40.5 Å². The third kappa shape index (κ3) is 5.44. The smallest absolute Gasteiger partial charge is 0.0626 e. The standard InChI is InChI=1S/C27H44O2/c1-19-10-13-23(28)18-22(19)12-11-21-9-7-17-27(5)24(14-15-25(21)27)20(2)8-6-16-26(3,4)29/h11-12,20,23-25,28-29H,1,6-10,13-18H2,2-5H3/b21-11?,22-12-/t20-,23+,24-,25+,27-/m1/s1/i1D2,12D. The van der Waals surface area contributed by atoms with E-state index in [0.717, 1.165) is 32.1 Å². The molecule has 0 unspecified atom stereocenters. The van der Waals surface area contributed by atoms with Gasteiger partial charge in [-0.25, -0.2) is 0 Å². The quantitative estimate of drug-likeness (QED) is 0.516. The molecule has 0 bridgehead atoms. The molecule has 2 heteroatoms. The molecule has 5 atom stereocenters. The fourth-order valence-electron chi connectivity index (χ4n) is 6.49. The van der Waals surface area contributed by atoms with Crippen LogP contribution in [0.4, 0.5) is 0 Å². The van der Waals surface area contributed by atoms with Crippen molar-refractivity contribution >= 4 is 0 Å². The van der Waals surface area contributed by atoms with E-state index in [1.807, 2.05) is 19.9 Å². The van der Waals surface area contributed by atoms with Crippen molar-refractivity contribution in [3.05, 3.63) is 35.4 Å². The Labute approximate surface area is 183 Å². The van der Waals surface area contributed by atoms with Gasteiger partial charge in [-0.3, -0.25) is 0 Å². The average molecular weight is 404 g/mol. The van der Waals surface area contributed by atoms with Gasteiger partial charge >= 0.3 is 0 Å². The molecule has 164 valence electrons. The molecule has 0 heterocycles. The molecule has 0 aromatic rings. The third-order valence-electron chi connectivity index (χ3n) is 8.14. The number of hydrogen-bond donors (Lipinski definition) is 2. The molecule has 3 aliphatic carbocycles. The van der Waals surface area contributed by atoms with E-state index < -0.39 is 11.7 Å². The maximum absolute atomic E-state index is 10.1. The van der Waals surface area contributed by atoms with Crippen LogP contribution in [0.5, 0.6) is 0 Å². The number of fused-ring (bicyclic) bond motifs is 1. The average Bonchev–Trinajstić information content (AvgIpc) is 3.04. The zero-order chi connectivity index (χ0) is 23.7. The highest BCUT2D eigenvalue weighted by Gasteiger charge is 2.50. The Bertz CT molecular complexity index is 772. The van der Waals surface area contributed by atoms with E-state index in [0.29, 0.717) is 54.2 Å². The Hall–Kier alpha value is -0.860. The normalized spacial score (nSPS) is 38.8. The number of aliphatic hydroxyl groups is 2. The lowest BCUT2D eigenvalue weighted by molar-refractivity contribution is 0.0596. The van der Waals surface area contributed by atoms with Crippen LogP contribution in [0.15, 0.2) is 35.4 Å². The first-order valence-electron chi connectivity index (χ1n) is 13.4. The lowest BCUT2D eigenvalue weighted by atomic mass is 9.60. The summed E-state index contributed by atoms with van der Waals surface area (Å²) < 4.78 is 24.4. The molecule has 2 nitrogen and oxygen atoms in total. The van der Waals surface area contributed by atoms with E-state index in [1.165, 1.54) is 24.8 Å². The van der Waals surface area contributed by atoms with Crippen LogP contribution in [-0.2, 0) is 0 Å². The predicted molar refractivity (Wildman–Crippen MR) is 123 cm³/mol. The molecular weight excluding hydrogens is 356 g/mol. The van der Waals surface area contributed by atoms with Crippen LogP contribution in [0.3, 0.4) is 0 Å². The zero-order valence-corrected chi connectivity index (χ0v) is 19.1. The molecular formula is C27H44O2. The summed E-state index contributed by atoms with van der Waals surface area (Å²) in [5.41, 5.74) is 2.40. The second-order valence-electron chi connectivity index (χ2n) is 11.0. The van der Waals surface area contributed by atoms with Gasteiger partial charge in [-0.1, -0.05) is 56.5 Å². The van der Waals surface area contributed by atoms with Crippen LogP contribution >= 0.6 is 0 Å². The van der Waals surface area contributed by atoms with Crippen molar-refractivity contribution in [3.63, 3.8) is 0 Å². The molecule has 3 aliphatic rings. The molecule has 3 saturated carbocycles. The van der Waals surface area contributed by atoms with E-state index in [-0.39, 0.29) is 11.9 Å². The highest BCUT2D eigenvalue weighted by molar-refractivity contribution is 5.36. The Morgan fingerprint density at radius 3 is 2.86 bits per heavy atom. The van der Waals surface area contributed by atoms with Crippen LogP contribution in [-0.4, -0.2) is 21.9 Å². The fraction of sp³-hybridized carbons (Fsp3) is 0.778. The van der Waals surface area contributed by atoms with Crippen molar-refractivity contribution in [1.29, 1.82) is 0 Å². The van der Waals surface area contributed by atoms with Crippen LogP contribution in [0.1, 0.15) is 102 Å². The highest BCUT2D eigenvalue weighted by atomic mass is 16.3. The second kappa shape index (κ2) is 9.10. The van der Waals surface area contributed by atoms with Gasteiger partial charge in [0.2, 0.25) is 0 Å². The lowest BCUT2D eigenvalue weighted by Gasteiger charge is -2.44. The first-order valence-corrected chi connectivity index (χ1v) is 11.9.